The topological polar surface area (TPSA) is 20.3 Å². The molecule has 1 aliphatic heterocycles. The van der Waals surface area contributed by atoms with E-state index in [1.54, 1.807) is 0 Å². The molecule has 0 N–H and O–H groups in total. The lowest BCUT2D eigenvalue weighted by atomic mass is 9.90. The zero-order valence-electron chi connectivity index (χ0n) is 10.3. The molecule has 1 heterocycles. The summed E-state index contributed by atoms with van der Waals surface area (Å²) in [6.45, 7) is 3.17. The molecule has 2 nitrogen and oxygen atoms in total. The number of rotatable bonds is 5. The lowest BCUT2D eigenvalue weighted by Crippen LogP contribution is -2.35. The van der Waals surface area contributed by atoms with Crippen LogP contribution in [0.4, 0.5) is 0 Å². The Morgan fingerprint density at radius 2 is 1.88 bits per heavy atom. The summed E-state index contributed by atoms with van der Waals surface area (Å²) in [7, 11) is 0. The van der Waals surface area contributed by atoms with Crippen LogP contribution in [0.1, 0.15) is 24.8 Å². The smallest absolute Gasteiger partial charge is 0.199 e. The number of benzene rings is 1. The van der Waals surface area contributed by atoms with Gasteiger partial charge in [0, 0.05) is 13.0 Å². The van der Waals surface area contributed by atoms with E-state index in [1.807, 2.05) is 6.29 Å². The molecule has 1 fully saturated rings. The molecule has 2 heteroatoms. The average molecular weight is 230 g/mol. The Morgan fingerprint density at radius 1 is 1.18 bits per heavy atom. The summed E-state index contributed by atoms with van der Waals surface area (Å²) in [6, 6.07) is 10.7. The van der Waals surface area contributed by atoms with Gasteiger partial charge in [0.05, 0.1) is 0 Å². The van der Waals surface area contributed by atoms with Gasteiger partial charge in [-0.3, -0.25) is 4.79 Å². The number of hydrogen-bond acceptors (Lipinski definition) is 2. The number of hydrogen-bond donors (Lipinski definition) is 0. The summed E-state index contributed by atoms with van der Waals surface area (Å²) in [5.41, 5.74) is 1.45. The first-order chi connectivity index (χ1) is 8.38. The molecule has 0 unspecified atom stereocenters. The molecule has 0 atom stereocenters. The molecule has 0 saturated carbocycles. The van der Waals surface area contributed by atoms with Crippen molar-refractivity contribution in [1.29, 1.82) is 0 Å². The first-order valence-corrected chi connectivity index (χ1v) is 6.50. The fraction of sp³-hybridized carbons (Fsp3) is 0.533. The van der Waals surface area contributed by atoms with Crippen molar-refractivity contribution in [2.45, 2.75) is 25.7 Å². The van der Waals surface area contributed by atoms with Crippen molar-refractivity contribution in [3.63, 3.8) is 0 Å². The Hall–Kier alpha value is -1.15. The van der Waals surface area contributed by atoms with Crippen LogP contribution in [0.5, 0.6) is 0 Å². The molecular formula is C15H20NO. The Morgan fingerprint density at radius 3 is 2.53 bits per heavy atom. The maximum absolute atomic E-state index is 10.2. The summed E-state index contributed by atoms with van der Waals surface area (Å²) in [4.78, 5) is 12.6. The highest BCUT2D eigenvalue weighted by Gasteiger charge is 2.18. The zero-order valence-corrected chi connectivity index (χ0v) is 10.3. The Bertz CT molecular complexity index is 328. The number of nitrogens with zero attached hydrogens (tertiary/aromatic N) is 1. The molecule has 0 amide bonds. The van der Waals surface area contributed by atoms with Gasteiger partial charge in [0.2, 0.25) is 0 Å². The molecule has 0 aliphatic carbocycles. The molecule has 1 aliphatic rings. The van der Waals surface area contributed by atoms with Crippen molar-refractivity contribution < 1.29 is 4.79 Å². The zero-order chi connectivity index (χ0) is 11.9. The van der Waals surface area contributed by atoms with Crippen molar-refractivity contribution in [2.24, 2.45) is 5.92 Å². The fourth-order valence-corrected chi connectivity index (χ4v) is 2.57. The van der Waals surface area contributed by atoms with E-state index in [2.05, 4.69) is 35.2 Å². The first-order valence-electron chi connectivity index (χ1n) is 6.50. The predicted octanol–water partition coefficient (Wildman–Crippen LogP) is 2.44. The Kier molecular flexibility index (Phi) is 4.75. The van der Waals surface area contributed by atoms with Gasteiger partial charge in [-0.25, -0.2) is 0 Å². The molecule has 0 bridgehead atoms. The van der Waals surface area contributed by atoms with Crippen LogP contribution >= 0.6 is 0 Å². The van der Waals surface area contributed by atoms with Crippen molar-refractivity contribution in [1.82, 2.24) is 4.90 Å². The minimum absolute atomic E-state index is 0.559. The molecule has 0 aromatic heterocycles. The van der Waals surface area contributed by atoms with Gasteiger partial charge >= 0.3 is 0 Å². The molecule has 1 aromatic rings. The second kappa shape index (κ2) is 6.55. The Balaban J connectivity index is 1.74. The third-order valence-corrected chi connectivity index (χ3v) is 3.60. The third kappa shape index (κ3) is 3.97. The van der Waals surface area contributed by atoms with E-state index in [1.165, 1.54) is 24.8 Å². The summed E-state index contributed by atoms with van der Waals surface area (Å²) < 4.78 is 0. The predicted molar refractivity (Wildman–Crippen MR) is 69.6 cm³/mol. The minimum Gasteiger partial charge on any atom is -0.303 e. The van der Waals surface area contributed by atoms with Crippen LogP contribution in [0.3, 0.4) is 0 Å². The van der Waals surface area contributed by atoms with Gasteiger partial charge in [0.1, 0.15) is 0 Å². The van der Waals surface area contributed by atoms with Crippen LogP contribution in [-0.4, -0.2) is 30.8 Å². The monoisotopic (exact) mass is 230 g/mol. The van der Waals surface area contributed by atoms with Gasteiger partial charge in [-0.2, -0.15) is 0 Å². The first kappa shape index (κ1) is 12.3. The van der Waals surface area contributed by atoms with Gasteiger partial charge in [0.25, 0.3) is 0 Å². The van der Waals surface area contributed by atoms with Gasteiger partial charge in [-0.15, -0.1) is 0 Å². The molecule has 2 rings (SSSR count). The number of piperidine rings is 1. The fourth-order valence-electron chi connectivity index (χ4n) is 2.57. The lowest BCUT2D eigenvalue weighted by Gasteiger charge is -2.31. The molecule has 17 heavy (non-hydrogen) atoms. The number of carbonyl (C=O) groups excluding carboxylic acids is 1. The summed E-state index contributed by atoms with van der Waals surface area (Å²) in [5, 5.41) is 0. The molecular weight excluding hydrogens is 210 g/mol. The van der Waals surface area contributed by atoms with E-state index in [4.69, 9.17) is 0 Å². The van der Waals surface area contributed by atoms with Gasteiger partial charge in [-0.1, -0.05) is 30.3 Å². The molecule has 0 spiro atoms. The minimum atomic E-state index is 0.559. The van der Waals surface area contributed by atoms with Crippen LogP contribution in [0.15, 0.2) is 30.3 Å². The maximum atomic E-state index is 10.2. The van der Waals surface area contributed by atoms with E-state index in [0.29, 0.717) is 6.42 Å². The van der Waals surface area contributed by atoms with Crippen LogP contribution in [0, 0.1) is 5.92 Å². The average Bonchev–Trinajstić information content (AvgIpc) is 2.39. The normalized spacial score (nSPS) is 18.1. The highest BCUT2D eigenvalue weighted by atomic mass is 16.1. The summed E-state index contributed by atoms with van der Waals surface area (Å²) in [6.07, 6.45) is 6.25. The van der Waals surface area contributed by atoms with E-state index in [-0.39, 0.29) is 0 Å². The largest absolute Gasteiger partial charge is 0.303 e. The number of likely N-dealkylation sites (tertiary alicyclic amines) is 1. The second-order valence-corrected chi connectivity index (χ2v) is 4.87. The van der Waals surface area contributed by atoms with Crippen LogP contribution in [-0.2, 0) is 11.2 Å². The standard InChI is InChI=1S/C15H20NO/c17-12-4-9-16-10-7-15(8-11-16)13-14-5-2-1-3-6-14/h1-3,5-6,15H,4,7-11,13H2. The van der Waals surface area contributed by atoms with E-state index in [9.17, 15) is 4.79 Å². The van der Waals surface area contributed by atoms with Gasteiger partial charge in [-0.05, 0) is 43.8 Å². The third-order valence-electron chi connectivity index (χ3n) is 3.60. The van der Waals surface area contributed by atoms with Crippen LogP contribution in [0.25, 0.3) is 0 Å². The van der Waals surface area contributed by atoms with Crippen molar-refractivity contribution >= 4 is 6.29 Å². The second-order valence-electron chi connectivity index (χ2n) is 4.87. The van der Waals surface area contributed by atoms with Crippen LogP contribution < -0.4 is 0 Å². The van der Waals surface area contributed by atoms with E-state index in [0.717, 1.165) is 25.6 Å². The van der Waals surface area contributed by atoms with Gasteiger partial charge in [0.15, 0.2) is 6.29 Å². The highest BCUT2D eigenvalue weighted by molar-refractivity contribution is 5.50. The van der Waals surface area contributed by atoms with Crippen molar-refractivity contribution in [3.05, 3.63) is 35.9 Å². The highest BCUT2D eigenvalue weighted by Crippen LogP contribution is 2.21. The lowest BCUT2D eigenvalue weighted by molar-refractivity contribution is 0.188. The quantitative estimate of drug-likeness (QED) is 0.774. The summed E-state index contributed by atoms with van der Waals surface area (Å²) in [5.74, 6) is 0.814. The Labute approximate surface area is 104 Å². The van der Waals surface area contributed by atoms with Crippen molar-refractivity contribution in [3.8, 4) is 0 Å². The van der Waals surface area contributed by atoms with E-state index >= 15 is 0 Å². The van der Waals surface area contributed by atoms with Gasteiger partial charge < -0.3 is 4.90 Å². The summed E-state index contributed by atoms with van der Waals surface area (Å²) >= 11 is 0. The SMILES string of the molecule is O=[C]CCN1CCC(Cc2ccccc2)CC1. The van der Waals surface area contributed by atoms with Crippen LogP contribution in [0.2, 0.25) is 0 Å². The van der Waals surface area contributed by atoms with Crippen molar-refractivity contribution in [2.75, 3.05) is 19.6 Å². The maximum Gasteiger partial charge on any atom is 0.199 e. The van der Waals surface area contributed by atoms with E-state index < -0.39 is 0 Å². The molecule has 1 aromatic carbocycles. The molecule has 91 valence electrons. The molecule has 1 saturated heterocycles. The molecule has 1 radical (unpaired) electrons.